The Morgan fingerprint density at radius 1 is 1.40 bits per heavy atom. The van der Waals surface area contributed by atoms with Gasteiger partial charge in [-0.25, -0.2) is 4.79 Å². The molecule has 80 valence electrons. The van der Waals surface area contributed by atoms with E-state index in [0.29, 0.717) is 13.1 Å². The number of nitrogens with zero attached hydrogens (tertiary/aromatic N) is 1. The van der Waals surface area contributed by atoms with Gasteiger partial charge < -0.3 is 10.0 Å². The number of benzene rings is 1. The summed E-state index contributed by atoms with van der Waals surface area (Å²) in [4.78, 5) is 12.4. The summed E-state index contributed by atoms with van der Waals surface area (Å²) in [5.41, 5.74) is 2.38. The summed E-state index contributed by atoms with van der Waals surface area (Å²) in [5, 5.41) is 8.97. The highest BCUT2D eigenvalue weighted by atomic mass is 79.9. The Labute approximate surface area is 96.8 Å². The van der Waals surface area contributed by atoms with Crippen molar-refractivity contribution in [2.75, 3.05) is 6.54 Å². The Morgan fingerprint density at radius 3 is 2.93 bits per heavy atom. The maximum absolute atomic E-state index is 10.9. The lowest BCUT2D eigenvalue weighted by Crippen LogP contribution is -2.28. The third kappa shape index (κ3) is 2.31. The molecular formula is C11H12BrNO2. The van der Waals surface area contributed by atoms with Crippen molar-refractivity contribution in [1.29, 1.82) is 0 Å². The molecule has 1 aliphatic rings. The molecule has 0 atom stereocenters. The SMILES string of the molecule is O=C(O)N1CCCc2ccc(Br)cc2C1. The van der Waals surface area contributed by atoms with Crippen molar-refractivity contribution in [2.24, 2.45) is 0 Å². The average Bonchev–Trinajstić information content (AvgIpc) is 2.39. The van der Waals surface area contributed by atoms with E-state index in [-0.39, 0.29) is 0 Å². The van der Waals surface area contributed by atoms with Crippen LogP contribution in [0.15, 0.2) is 22.7 Å². The Balaban J connectivity index is 2.31. The monoisotopic (exact) mass is 269 g/mol. The van der Waals surface area contributed by atoms with Crippen LogP contribution in [0, 0.1) is 0 Å². The van der Waals surface area contributed by atoms with E-state index in [9.17, 15) is 4.79 Å². The second-order valence-electron chi connectivity index (χ2n) is 3.72. The topological polar surface area (TPSA) is 40.5 Å². The molecule has 15 heavy (non-hydrogen) atoms. The summed E-state index contributed by atoms with van der Waals surface area (Å²) in [5.74, 6) is 0. The number of carboxylic acid groups (broad SMARTS) is 1. The molecule has 0 saturated carbocycles. The second kappa shape index (κ2) is 4.23. The molecule has 3 nitrogen and oxygen atoms in total. The van der Waals surface area contributed by atoms with Gasteiger partial charge in [-0.15, -0.1) is 0 Å². The summed E-state index contributed by atoms with van der Waals surface area (Å²) in [7, 11) is 0. The minimum Gasteiger partial charge on any atom is -0.465 e. The molecule has 1 aliphatic heterocycles. The maximum atomic E-state index is 10.9. The molecule has 0 bridgehead atoms. The highest BCUT2D eigenvalue weighted by Crippen LogP contribution is 2.22. The van der Waals surface area contributed by atoms with Crippen LogP contribution >= 0.6 is 15.9 Å². The third-order valence-electron chi connectivity index (χ3n) is 2.67. The van der Waals surface area contributed by atoms with Crippen LogP contribution < -0.4 is 0 Å². The maximum Gasteiger partial charge on any atom is 0.407 e. The van der Waals surface area contributed by atoms with Crippen LogP contribution in [-0.2, 0) is 13.0 Å². The van der Waals surface area contributed by atoms with Gasteiger partial charge >= 0.3 is 6.09 Å². The first-order chi connectivity index (χ1) is 7.16. The van der Waals surface area contributed by atoms with Crippen molar-refractivity contribution in [3.05, 3.63) is 33.8 Å². The zero-order chi connectivity index (χ0) is 10.8. The Kier molecular flexibility index (Phi) is 2.95. The molecule has 4 heteroatoms. The minimum atomic E-state index is -0.831. The van der Waals surface area contributed by atoms with Crippen molar-refractivity contribution in [3.8, 4) is 0 Å². The summed E-state index contributed by atoms with van der Waals surface area (Å²) in [6.07, 6.45) is 1.04. The molecule has 0 saturated heterocycles. The van der Waals surface area contributed by atoms with E-state index in [2.05, 4.69) is 22.0 Å². The molecule has 0 fully saturated rings. The van der Waals surface area contributed by atoms with Crippen LogP contribution in [-0.4, -0.2) is 22.6 Å². The van der Waals surface area contributed by atoms with E-state index in [1.165, 1.54) is 10.5 Å². The first-order valence-corrected chi connectivity index (χ1v) is 5.71. The van der Waals surface area contributed by atoms with Gasteiger partial charge in [-0.05, 0) is 36.1 Å². The fourth-order valence-corrected chi connectivity index (χ4v) is 2.30. The molecule has 2 rings (SSSR count). The molecule has 1 amide bonds. The predicted octanol–water partition coefficient (Wildman–Crippen LogP) is 2.88. The van der Waals surface area contributed by atoms with Crippen LogP contribution in [0.4, 0.5) is 4.79 Å². The van der Waals surface area contributed by atoms with Crippen molar-refractivity contribution in [1.82, 2.24) is 4.90 Å². The molecule has 1 heterocycles. The highest BCUT2D eigenvalue weighted by Gasteiger charge is 2.17. The number of carbonyl (C=O) groups is 1. The summed E-state index contributed by atoms with van der Waals surface area (Å²) < 4.78 is 1.01. The third-order valence-corrected chi connectivity index (χ3v) is 3.17. The number of fused-ring (bicyclic) bond motifs is 1. The molecule has 1 aromatic rings. The van der Waals surface area contributed by atoms with Crippen molar-refractivity contribution < 1.29 is 9.90 Å². The number of halogens is 1. The number of hydrogen-bond acceptors (Lipinski definition) is 1. The quantitative estimate of drug-likeness (QED) is 0.787. The molecule has 0 spiro atoms. The standard InChI is InChI=1S/C11H12BrNO2/c12-10-4-3-8-2-1-5-13(11(14)15)7-9(8)6-10/h3-4,6H,1-2,5,7H2,(H,14,15). The van der Waals surface area contributed by atoms with Crippen LogP contribution in [0.2, 0.25) is 0 Å². The van der Waals surface area contributed by atoms with E-state index in [1.54, 1.807) is 0 Å². The predicted molar refractivity (Wildman–Crippen MR) is 60.9 cm³/mol. The molecule has 1 N–H and O–H groups in total. The summed E-state index contributed by atoms with van der Waals surface area (Å²) in [6.45, 7) is 1.13. The minimum absolute atomic E-state index is 0.504. The van der Waals surface area contributed by atoms with E-state index >= 15 is 0 Å². The lowest BCUT2D eigenvalue weighted by molar-refractivity contribution is 0.143. The fourth-order valence-electron chi connectivity index (χ4n) is 1.89. The van der Waals surface area contributed by atoms with Gasteiger partial charge in [-0.2, -0.15) is 0 Å². The molecule has 0 aliphatic carbocycles. The van der Waals surface area contributed by atoms with Crippen LogP contribution in [0.25, 0.3) is 0 Å². The number of rotatable bonds is 0. The molecular weight excluding hydrogens is 258 g/mol. The zero-order valence-corrected chi connectivity index (χ0v) is 9.83. The van der Waals surface area contributed by atoms with E-state index in [1.807, 2.05) is 12.1 Å². The Hall–Kier alpha value is -1.03. The normalized spacial score (nSPS) is 15.7. The van der Waals surface area contributed by atoms with Gasteiger partial charge in [0.1, 0.15) is 0 Å². The lowest BCUT2D eigenvalue weighted by Gasteiger charge is -2.16. The van der Waals surface area contributed by atoms with Crippen LogP contribution in [0.5, 0.6) is 0 Å². The van der Waals surface area contributed by atoms with E-state index in [0.717, 1.165) is 22.9 Å². The van der Waals surface area contributed by atoms with Gasteiger partial charge in [0.2, 0.25) is 0 Å². The van der Waals surface area contributed by atoms with Crippen molar-refractivity contribution in [2.45, 2.75) is 19.4 Å². The van der Waals surface area contributed by atoms with Gasteiger partial charge in [0.15, 0.2) is 0 Å². The van der Waals surface area contributed by atoms with Gasteiger partial charge in [-0.3, -0.25) is 0 Å². The lowest BCUT2D eigenvalue weighted by atomic mass is 10.0. The summed E-state index contributed by atoms with van der Waals surface area (Å²) >= 11 is 3.41. The van der Waals surface area contributed by atoms with Gasteiger partial charge in [0, 0.05) is 17.6 Å². The second-order valence-corrected chi connectivity index (χ2v) is 4.64. The van der Waals surface area contributed by atoms with Crippen molar-refractivity contribution in [3.63, 3.8) is 0 Å². The zero-order valence-electron chi connectivity index (χ0n) is 8.24. The van der Waals surface area contributed by atoms with Gasteiger partial charge in [-0.1, -0.05) is 22.0 Å². The number of hydrogen-bond donors (Lipinski definition) is 1. The average molecular weight is 270 g/mol. The van der Waals surface area contributed by atoms with Crippen LogP contribution in [0.3, 0.4) is 0 Å². The Morgan fingerprint density at radius 2 is 2.20 bits per heavy atom. The molecule has 0 radical (unpaired) electrons. The van der Waals surface area contributed by atoms with Crippen molar-refractivity contribution >= 4 is 22.0 Å². The highest BCUT2D eigenvalue weighted by molar-refractivity contribution is 9.10. The van der Waals surface area contributed by atoms with E-state index in [4.69, 9.17) is 5.11 Å². The summed E-state index contributed by atoms with van der Waals surface area (Å²) in [6, 6.07) is 6.09. The van der Waals surface area contributed by atoms with E-state index < -0.39 is 6.09 Å². The molecule has 1 aromatic carbocycles. The molecule has 0 aromatic heterocycles. The first-order valence-electron chi connectivity index (χ1n) is 4.92. The van der Waals surface area contributed by atoms with Crippen LogP contribution in [0.1, 0.15) is 17.5 Å². The largest absolute Gasteiger partial charge is 0.465 e. The van der Waals surface area contributed by atoms with Gasteiger partial charge in [0.05, 0.1) is 0 Å². The number of amides is 1. The number of aryl methyl sites for hydroxylation is 1. The van der Waals surface area contributed by atoms with Gasteiger partial charge in [0.25, 0.3) is 0 Å². The smallest absolute Gasteiger partial charge is 0.407 e. The fraction of sp³-hybridized carbons (Fsp3) is 0.364. The molecule has 0 unspecified atom stereocenters. The Bertz CT molecular complexity index is 392. The first kappa shape index (κ1) is 10.5.